The van der Waals surface area contributed by atoms with Gasteiger partial charge in [0.15, 0.2) is 17.6 Å². The van der Waals surface area contributed by atoms with Crippen molar-refractivity contribution in [3.8, 4) is 28.7 Å². The molecule has 2 aliphatic heterocycles. The number of phenols is 4. The minimum Gasteiger partial charge on any atom is -0.508 e. The summed E-state index contributed by atoms with van der Waals surface area (Å²) in [5, 5.41) is 50.5. The lowest BCUT2D eigenvalue weighted by Gasteiger charge is -2.47. The molecule has 0 fully saturated rings. The minimum atomic E-state index is -1.08. The summed E-state index contributed by atoms with van der Waals surface area (Å²) in [5.41, 5.74) is 0.0581. The monoisotopic (exact) mass is 346 g/mol. The number of benzene rings is 2. The third-order valence-corrected chi connectivity index (χ3v) is 4.80. The molecule has 5 N–H and O–H groups in total. The van der Waals surface area contributed by atoms with Gasteiger partial charge in [0.2, 0.25) is 5.75 Å². The van der Waals surface area contributed by atoms with Crippen molar-refractivity contribution in [1.82, 2.24) is 0 Å². The number of aliphatic hydroxyl groups excluding tert-OH is 1. The van der Waals surface area contributed by atoms with Crippen LogP contribution in [-0.4, -0.2) is 31.6 Å². The van der Waals surface area contributed by atoms with E-state index in [0.717, 1.165) is 0 Å². The van der Waals surface area contributed by atoms with Crippen molar-refractivity contribution in [3.63, 3.8) is 0 Å². The fourth-order valence-electron chi connectivity index (χ4n) is 3.71. The van der Waals surface area contributed by atoms with Crippen LogP contribution in [0.15, 0.2) is 24.3 Å². The molecule has 25 heavy (non-hydrogen) atoms. The topological polar surface area (TPSA) is 120 Å². The third-order valence-electron chi connectivity index (χ3n) is 4.80. The number of hydrogen-bond donors (Lipinski definition) is 5. The van der Waals surface area contributed by atoms with Gasteiger partial charge in [-0.2, -0.15) is 0 Å². The van der Waals surface area contributed by atoms with Gasteiger partial charge < -0.3 is 35.0 Å². The lowest BCUT2D eigenvalue weighted by molar-refractivity contribution is -0.185. The van der Waals surface area contributed by atoms with Gasteiger partial charge in [0.05, 0.1) is 5.60 Å². The smallest absolute Gasteiger partial charge is 0.200 e. The highest BCUT2D eigenvalue weighted by atomic mass is 16.6. The van der Waals surface area contributed by atoms with Crippen LogP contribution in [0.25, 0.3) is 0 Å². The molecule has 2 heterocycles. The van der Waals surface area contributed by atoms with Gasteiger partial charge in [-0.1, -0.05) is 0 Å². The molecule has 0 radical (unpaired) electrons. The lowest BCUT2D eigenvalue weighted by atomic mass is 9.80. The molecule has 0 aliphatic carbocycles. The first kappa shape index (κ1) is 15.9. The number of fused-ring (bicyclic) bond motifs is 4. The molecule has 2 aromatic rings. The molecule has 0 saturated heterocycles. The molecule has 7 nitrogen and oxygen atoms in total. The number of phenolic OH excluding ortho intramolecular Hbond substituents is 4. The standard InChI is InChI=1S/C18H18O7/c1-18(2)12-9(6-10(20)14(22)15(12)23)16-17(25-18)13(21)8-5-7(19)3-4-11(8)24-16/h3-6,13,16-17,19-23H,1-2H3/t13?,16-,17?/m1/s1. The number of hydrogen-bond acceptors (Lipinski definition) is 7. The normalized spacial score (nSPS) is 26.1. The molecule has 7 heteroatoms. The molecule has 2 unspecified atom stereocenters. The second-order valence-electron chi connectivity index (χ2n) is 6.86. The summed E-state index contributed by atoms with van der Waals surface area (Å²) < 4.78 is 11.9. The quantitative estimate of drug-likeness (QED) is 0.464. The maximum Gasteiger partial charge on any atom is 0.200 e. The molecule has 3 atom stereocenters. The van der Waals surface area contributed by atoms with Crippen LogP contribution in [0.5, 0.6) is 28.7 Å². The van der Waals surface area contributed by atoms with Crippen LogP contribution in [0.4, 0.5) is 0 Å². The molecule has 0 spiro atoms. The average Bonchev–Trinajstić information content (AvgIpc) is 2.54. The summed E-state index contributed by atoms with van der Waals surface area (Å²) in [6.45, 7) is 3.37. The predicted molar refractivity (Wildman–Crippen MR) is 85.8 cm³/mol. The summed E-state index contributed by atoms with van der Waals surface area (Å²) in [6, 6.07) is 5.69. The van der Waals surface area contributed by atoms with Crippen molar-refractivity contribution in [1.29, 1.82) is 0 Å². The van der Waals surface area contributed by atoms with Gasteiger partial charge in [-0.15, -0.1) is 0 Å². The summed E-state index contributed by atoms with van der Waals surface area (Å²) in [4.78, 5) is 0. The Morgan fingerprint density at radius 1 is 0.960 bits per heavy atom. The number of rotatable bonds is 0. The number of aliphatic hydroxyl groups is 1. The number of aromatic hydroxyl groups is 4. The van der Waals surface area contributed by atoms with Crippen LogP contribution < -0.4 is 4.74 Å². The molecular weight excluding hydrogens is 328 g/mol. The zero-order valence-electron chi connectivity index (χ0n) is 13.6. The van der Waals surface area contributed by atoms with Gasteiger partial charge in [0, 0.05) is 16.7 Å². The Balaban J connectivity index is 1.93. The van der Waals surface area contributed by atoms with Crippen LogP contribution in [0.2, 0.25) is 0 Å². The van der Waals surface area contributed by atoms with E-state index < -0.39 is 41.2 Å². The van der Waals surface area contributed by atoms with E-state index in [-0.39, 0.29) is 5.75 Å². The summed E-state index contributed by atoms with van der Waals surface area (Å²) >= 11 is 0. The van der Waals surface area contributed by atoms with Gasteiger partial charge >= 0.3 is 0 Å². The molecular formula is C18H18O7. The van der Waals surface area contributed by atoms with Crippen molar-refractivity contribution in [2.45, 2.75) is 37.8 Å². The highest BCUT2D eigenvalue weighted by Crippen LogP contribution is 2.55. The molecule has 2 aliphatic rings. The maximum atomic E-state index is 10.7. The largest absolute Gasteiger partial charge is 0.508 e. The van der Waals surface area contributed by atoms with Gasteiger partial charge in [-0.25, -0.2) is 0 Å². The molecule has 0 saturated carbocycles. The van der Waals surface area contributed by atoms with E-state index in [1.54, 1.807) is 13.8 Å². The van der Waals surface area contributed by atoms with E-state index in [4.69, 9.17) is 9.47 Å². The molecule has 0 aromatic heterocycles. The third kappa shape index (κ3) is 2.13. The summed E-state index contributed by atoms with van der Waals surface area (Å²) in [6.07, 6.45) is -2.70. The van der Waals surface area contributed by atoms with Crippen LogP contribution in [0, 0.1) is 0 Å². The fourth-order valence-corrected chi connectivity index (χ4v) is 3.71. The van der Waals surface area contributed by atoms with E-state index in [0.29, 0.717) is 22.4 Å². The Morgan fingerprint density at radius 2 is 1.68 bits per heavy atom. The second kappa shape index (κ2) is 4.93. The van der Waals surface area contributed by atoms with E-state index in [1.807, 2.05) is 0 Å². The van der Waals surface area contributed by atoms with Crippen LogP contribution in [-0.2, 0) is 10.3 Å². The first-order chi connectivity index (χ1) is 11.7. The van der Waals surface area contributed by atoms with Gasteiger partial charge in [-0.05, 0) is 38.1 Å². The van der Waals surface area contributed by atoms with Crippen molar-refractivity contribution in [2.24, 2.45) is 0 Å². The van der Waals surface area contributed by atoms with Gasteiger partial charge in [0.1, 0.15) is 23.7 Å². The molecule has 2 aromatic carbocycles. The van der Waals surface area contributed by atoms with E-state index in [1.165, 1.54) is 24.3 Å². The van der Waals surface area contributed by atoms with Crippen LogP contribution in [0.3, 0.4) is 0 Å². The number of ether oxygens (including phenoxy) is 2. The Hall–Kier alpha value is -2.64. The van der Waals surface area contributed by atoms with Crippen molar-refractivity contribution in [2.75, 3.05) is 0 Å². The van der Waals surface area contributed by atoms with E-state index >= 15 is 0 Å². The Bertz CT molecular complexity index is 874. The Labute approximate surface area is 143 Å². The van der Waals surface area contributed by atoms with Gasteiger partial charge in [-0.3, -0.25) is 0 Å². The molecule has 0 bridgehead atoms. The second-order valence-corrected chi connectivity index (χ2v) is 6.86. The zero-order chi connectivity index (χ0) is 18.1. The molecule has 0 amide bonds. The van der Waals surface area contributed by atoms with E-state index in [9.17, 15) is 25.5 Å². The van der Waals surface area contributed by atoms with Crippen molar-refractivity contribution < 1.29 is 35.0 Å². The van der Waals surface area contributed by atoms with Crippen molar-refractivity contribution >= 4 is 0 Å². The molecule has 4 rings (SSSR count). The summed E-state index contributed by atoms with van der Waals surface area (Å²) in [7, 11) is 0. The SMILES string of the molecule is CC1(C)OC2C(O)c3cc(O)ccc3O[C@@H]2c2cc(O)c(O)c(O)c21. The molecule has 132 valence electrons. The first-order valence-corrected chi connectivity index (χ1v) is 7.84. The van der Waals surface area contributed by atoms with Crippen molar-refractivity contribution in [3.05, 3.63) is 41.0 Å². The van der Waals surface area contributed by atoms with E-state index in [2.05, 4.69) is 0 Å². The maximum absolute atomic E-state index is 10.7. The zero-order valence-corrected chi connectivity index (χ0v) is 13.6. The van der Waals surface area contributed by atoms with Gasteiger partial charge in [0.25, 0.3) is 0 Å². The lowest BCUT2D eigenvalue weighted by Crippen LogP contribution is -2.46. The minimum absolute atomic E-state index is 0.00414. The fraction of sp³-hybridized carbons (Fsp3) is 0.333. The first-order valence-electron chi connectivity index (χ1n) is 7.84. The van der Waals surface area contributed by atoms with Crippen LogP contribution >= 0.6 is 0 Å². The summed E-state index contributed by atoms with van der Waals surface area (Å²) in [5.74, 6) is -1.23. The highest BCUT2D eigenvalue weighted by molar-refractivity contribution is 5.61. The average molecular weight is 346 g/mol. The Morgan fingerprint density at radius 3 is 2.40 bits per heavy atom. The highest BCUT2D eigenvalue weighted by Gasteiger charge is 2.50. The predicted octanol–water partition coefficient (Wildman–Crippen LogP) is 2.31. The van der Waals surface area contributed by atoms with Crippen LogP contribution in [0.1, 0.15) is 42.7 Å². The Kier molecular flexibility index (Phi) is 3.13.